The van der Waals surface area contributed by atoms with Gasteiger partial charge in [-0.2, -0.15) is 5.10 Å². The van der Waals surface area contributed by atoms with E-state index in [0.29, 0.717) is 29.4 Å². The quantitative estimate of drug-likeness (QED) is 0.308. The van der Waals surface area contributed by atoms with E-state index in [1.807, 2.05) is 48.5 Å². The molecular weight excluding hydrogens is 502 g/mol. The van der Waals surface area contributed by atoms with Crippen LogP contribution < -0.4 is 25.0 Å². The zero-order valence-electron chi connectivity index (χ0n) is 18.7. The molecule has 0 aromatic heterocycles. The van der Waals surface area contributed by atoms with Crippen LogP contribution in [0, 0.1) is 0 Å². The molecule has 0 fully saturated rings. The molecule has 3 aromatic carbocycles. The van der Waals surface area contributed by atoms with Crippen LogP contribution in [0.4, 0.5) is 0 Å². The average molecular weight is 526 g/mol. The van der Waals surface area contributed by atoms with Gasteiger partial charge in [0.05, 0.1) is 31.5 Å². The van der Waals surface area contributed by atoms with Gasteiger partial charge in [-0.15, -0.1) is 0 Å². The predicted molar refractivity (Wildman–Crippen MR) is 133 cm³/mol. The van der Waals surface area contributed by atoms with Crippen LogP contribution >= 0.6 is 15.9 Å². The Bertz CT molecular complexity index is 1170. The van der Waals surface area contributed by atoms with Gasteiger partial charge >= 0.3 is 0 Å². The summed E-state index contributed by atoms with van der Waals surface area (Å²) < 4.78 is 16.9. The van der Waals surface area contributed by atoms with Crippen molar-refractivity contribution in [3.05, 3.63) is 87.9 Å². The van der Waals surface area contributed by atoms with Gasteiger partial charge in [-0.3, -0.25) is 9.59 Å². The lowest BCUT2D eigenvalue weighted by atomic mass is 10.2. The Morgan fingerprint density at radius 3 is 2.38 bits per heavy atom. The molecule has 2 N–H and O–H groups in total. The largest absolute Gasteiger partial charge is 0.493 e. The number of hydrazone groups is 1. The fourth-order valence-corrected chi connectivity index (χ4v) is 3.42. The first-order chi connectivity index (χ1) is 16.5. The van der Waals surface area contributed by atoms with Crippen molar-refractivity contribution in [1.29, 1.82) is 0 Å². The lowest BCUT2D eigenvalue weighted by molar-refractivity contribution is -0.120. The lowest BCUT2D eigenvalue weighted by Gasteiger charge is -2.09. The van der Waals surface area contributed by atoms with Crippen LogP contribution in [0.3, 0.4) is 0 Å². The molecule has 0 unspecified atom stereocenters. The molecule has 34 heavy (non-hydrogen) atoms. The van der Waals surface area contributed by atoms with Crippen LogP contribution in [-0.2, 0) is 11.4 Å². The molecule has 8 nitrogen and oxygen atoms in total. The standard InChI is InChI=1S/C25H24BrN3O5/c1-32-22-11-9-19(13-23(22)33-2)25(31)27-15-24(30)29-28-14-18-8-10-21(20(26)12-18)34-16-17-6-4-3-5-7-17/h3-14H,15-16H2,1-2H3,(H,27,31)(H,29,30). The first-order valence-electron chi connectivity index (χ1n) is 10.3. The molecule has 0 aliphatic carbocycles. The molecule has 3 aromatic rings. The molecule has 0 aliphatic heterocycles. The number of carbonyl (C=O) groups is 2. The third kappa shape index (κ3) is 7.08. The van der Waals surface area contributed by atoms with E-state index in [-0.39, 0.29) is 6.54 Å². The lowest BCUT2D eigenvalue weighted by Crippen LogP contribution is -2.34. The monoisotopic (exact) mass is 525 g/mol. The zero-order valence-corrected chi connectivity index (χ0v) is 20.3. The highest BCUT2D eigenvalue weighted by atomic mass is 79.9. The van der Waals surface area contributed by atoms with Crippen molar-refractivity contribution in [1.82, 2.24) is 10.7 Å². The third-order valence-electron chi connectivity index (χ3n) is 4.65. The van der Waals surface area contributed by atoms with Crippen molar-refractivity contribution >= 4 is 34.0 Å². The van der Waals surface area contributed by atoms with Crippen LogP contribution in [0.2, 0.25) is 0 Å². The summed E-state index contributed by atoms with van der Waals surface area (Å²) in [5.74, 6) is 0.741. The van der Waals surface area contributed by atoms with Crippen LogP contribution in [0.15, 0.2) is 76.3 Å². The van der Waals surface area contributed by atoms with Crippen molar-refractivity contribution in [3.63, 3.8) is 0 Å². The highest BCUT2D eigenvalue weighted by Gasteiger charge is 2.11. The summed E-state index contributed by atoms with van der Waals surface area (Å²) in [6.07, 6.45) is 1.50. The number of halogens is 1. The van der Waals surface area contributed by atoms with Gasteiger partial charge in [-0.1, -0.05) is 30.3 Å². The molecule has 0 radical (unpaired) electrons. The molecule has 0 bridgehead atoms. The Balaban J connectivity index is 1.47. The van der Waals surface area contributed by atoms with E-state index in [1.54, 1.807) is 12.1 Å². The van der Waals surface area contributed by atoms with Gasteiger partial charge in [0, 0.05) is 5.56 Å². The normalized spacial score (nSPS) is 10.6. The van der Waals surface area contributed by atoms with Crippen molar-refractivity contribution in [2.45, 2.75) is 6.61 Å². The van der Waals surface area contributed by atoms with Crippen molar-refractivity contribution in [2.75, 3.05) is 20.8 Å². The van der Waals surface area contributed by atoms with E-state index < -0.39 is 11.8 Å². The van der Waals surface area contributed by atoms with Crippen LogP contribution in [0.1, 0.15) is 21.5 Å². The molecule has 0 saturated heterocycles. The highest BCUT2D eigenvalue weighted by Crippen LogP contribution is 2.28. The van der Waals surface area contributed by atoms with Crippen molar-refractivity contribution in [2.24, 2.45) is 5.10 Å². The fourth-order valence-electron chi connectivity index (χ4n) is 2.91. The Labute approximate surface area is 206 Å². The summed E-state index contributed by atoms with van der Waals surface area (Å²) in [5, 5.41) is 6.47. The number of benzene rings is 3. The van der Waals surface area contributed by atoms with Crippen LogP contribution in [0.5, 0.6) is 17.2 Å². The summed E-state index contributed by atoms with van der Waals surface area (Å²) in [6.45, 7) is 0.221. The number of hydrogen-bond donors (Lipinski definition) is 2. The first-order valence-corrected chi connectivity index (χ1v) is 11.1. The number of amides is 2. The molecule has 2 amide bonds. The highest BCUT2D eigenvalue weighted by molar-refractivity contribution is 9.10. The molecular formula is C25H24BrN3O5. The van der Waals surface area contributed by atoms with Crippen molar-refractivity contribution in [3.8, 4) is 17.2 Å². The molecule has 9 heteroatoms. The summed E-state index contributed by atoms with van der Waals surface area (Å²) in [4.78, 5) is 24.3. The van der Waals surface area contributed by atoms with E-state index >= 15 is 0 Å². The Morgan fingerprint density at radius 1 is 0.941 bits per heavy atom. The number of hydrogen-bond acceptors (Lipinski definition) is 6. The number of nitrogens with one attached hydrogen (secondary N) is 2. The van der Waals surface area contributed by atoms with Crippen molar-refractivity contribution < 1.29 is 23.8 Å². The van der Waals surface area contributed by atoms with E-state index in [9.17, 15) is 9.59 Å². The second-order valence-corrected chi connectivity index (χ2v) is 7.86. The van der Waals surface area contributed by atoms with Crippen LogP contribution in [-0.4, -0.2) is 38.8 Å². The second kappa shape index (κ2) is 12.4. The summed E-state index contributed by atoms with van der Waals surface area (Å²) in [5.41, 5.74) is 4.55. The van der Waals surface area contributed by atoms with Gasteiger partial charge in [0.1, 0.15) is 12.4 Å². The minimum Gasteiger partial charge on any atom is -0.493 e. The Hall–Kier alpha value is -3.85. The third-order valence-corrected chi connectivity index (χ3v) is 5.27. The second-order valence-electron chi connectivity index (χ2n) is 7.01. The maximum atomic E-state index is 12.3. The van der Waals surface area contributed by atoms with Gasteiger partial charge in [0.25, 0.3) is 11.8 Å². The molecule has 3 rings (SSSR count). The van der Waals surface area contributed by atoms with E-state index in [4.69, 9.17) is 14.2 Å². The molecule has 0 saturated carbocycles. The zero-order chi connectivity index (χ0) is 24.3. The molecule has 0 heterocycles. The molecule has 0 atom stereocenters. The van der Waals surface area contributed by atoms with Gasteiger partial charge in [-0.05, 0) is 63.5 Å². The smallest absolute Gasteiger partial charge is 0.259 e. The molecule has 0 spiro atoms. The predicted octanol–water partition coefficient (Wildman–Crippen LogP) is 3.93. The fraction of sp³-hybridized carbons (Fsp3) is 0.160. The van der Waals surface area contributed by atoms with E-state index in [0.717, 1.165) is 15.6 Å². The van der Waals surface area contributed by atoms with Gasteiger partial charge < -0.3 is 19.5 Å². The SMILES string of the molecule is COc1ccc(C(=O)NCC(=O)NN=Cc2ccc(OCc3ccccc3)c(Br)c2)cc1OC. The molecule has 176 valence electrons. The Kier molecular flexibility index (Phi) is 9.04. The summed E-state index contributed by atoms with van der Waals surface area (Å²) >= 11 is 3.49. The first kappa shape index (κ1) is 24.8. The maximum absolute atomic E-state index is 12.3. The Morgan fingerprint density at radius 2 is 1.68 bits per heavy atom. The number of methoxy groups -OCH3 is 2. The number of nitrogens with zero attached hydrogens (tertiary/aromatic N) is 1. The maximum Gasteiger partial charge on any atom is 0.259 e. The topological polar surface area (TPSA) is 98.2 Å². The van der Waals surface area contributed by atoms with Crippen LogP contribution in [0.25, 0.3) is 0 Å². The van der Waals surface area contributed by atoms with Gasteiger partial charge in [0.15, 0.2) is 11.5 Å². The molecule has 0 aliphatic rings. The van der Waals surface area contributed by atoms with E-state index in [1.165, 1.54) is 26.5 Å². The summed E-state index contributed by atoms with van der Waals surface area (Å²) in [6, 6.07) is 20.1. The number of ether oxygens (including phenoxy) is 3. The minimum absolute atomic E-state index is 0.236. The average Bonchev–Trinajstić information content (AvgIpc) is 2.87. The minimum atomic E-state index is -0.466. The van der Waals surface area contributed by atoms with Gasteiger partial charge in [0.2, 0.25) is 0 Å². The number of rotatable bonds is 10. The van der Waals surface area contributed by atoms with Gasteiger partial charge in [-0.25, -0.2) is 5.43 Å². The number of carbonyl (C=O) groups excluding carboxylic acids is 2. The summed E-state index contributed by atoms with van der Waals surface area (Å²) in [7, 11) is 2.99. The van der Waals surface area contributed by atoms with E-state index in [2.05, 4.69) is 31.8 Å².